The van der Waals surface area contributed by atoms with E-state index in [0.29, 0.717) is 11.0 Å². The summed E-state index contributed by atoms with van der Waals surface area (Å²) in [7, 11) is 1.29. The molecular weight excluding hydrogens is 334 g/mol. The van der Waals surface area contributed by atoms with Crippen molar-refractivity contribution in [2.75, 3.05) is 7.11 Å². The molecule has 1 unspecified atom stereocenters. The number of para-hydroxylation sites is 1. The van der Waals surface area contributed by atoms with Crippen LogP contribution in [0.1, 0.15) is 28.6 Å². The average Bonchev–Trinajstić information content (AvgIpc) is 2.68. The highest BCUT2D eigenvalue weighted by Crippen LogP contribution is 2.19. The van der Waals surface area contributed by atoms with Crippen LogP contribution < -0.4 is 10.7 Å². The first-order chi connectivity index (χ1) is 12.6. The normalized spacial score (nSPS) is 11.7. The number of esters is 1. The van der Waals surface area contributed by atoms with Gasteiger partial charge in [-0.25, -0.2) is 0 Å². The molecule has 0 spiro atoms. The molecule has 1 amide bonds. The molecule has 0 radical (unpaired) electrons. The molecule has 2 aromatic carbocycles. The lowest BCUT2D eigenvalue weighted by Crippen LogP contribution is -2.31. The van der Waals surface area contributed by atoms with Crippen molar-refractivity contribution in [3.8, 4) is 0 Å². The number of hydrogen-bond donors (Lipinski definition) is 1. The van der Waals surface area contributed by atoms with E-state index in [1.807, 2.05) is 18.2 Å². The molecule has 1 N–H and O–H groups in total. The lowest BCUT2D eigenvalue weighted by Gasteiger charge is -2.18. The van der Waals surface area contributed by atoms with Gasteiger partial charge in [0.15, 0.2) is 11.2 Å². The van der Waals surface area contributed by atoms with Crippen molar-refractivity contribution in [3.05, 3.63) is 82.2 Å². The fraction of sp³-hybridized carbons (Fsp3) is 0.150. The van der Waals surface area contributed by atoms with Gasteiger partial charge in [0.2, 0.25) is 0 Å². The number of nitrogens with one attached hydrogen (secondary N) is 1. The van der Waals surface area contributed by atoms with Gasteiger partial charge in [0.25, 0.3) is 5.91 Å². The number of benzene rings is 2. The zero-order chi connectivity index (χ0) is 18.5. The third-order valence-electron chi connectivity index (χ3n) is 3.96. The van der Waals surface area contributed by atoms with E-state index in [0.717, 1.165) is 11.6 Å². The van der Waals surface area contributed by atoms with Gasteiger partial charge < -0.3 is 14.5 Å². The molecule has 3 aromatic rings. The molecule has 3 rings (SSSR count). The van der Waals surface area contributed by atoms with E-state index in [4.69, 9.17) is 9.15 Å². The molecule has 132 valence electrons. The molecule has 0 saturated heterocycles. The van der Waals surface area contributed by atoms with Crippen LogP contribution in [-0.4, -0.2) is 19.0 Å². The Kier molecular flexibility index (Phi) is 5.12. The highest BCUT2D eigenvalue weighted by atomic mass is 16.5. The fourth-order valence-corrected chi connectivity index (χ4v) is 2.63. The van der Waals surface area contributed by atoms with Gasteiger partial charge in [0.1, 0.15) is 5.58 Å². The van der Waals surface area contributed by atoms with Gasteiger partial charge in [-0.15, -0.1) is 0 Å². The molecule has 6 nitrogen and oxygen atoms in total. The van der Waals surface area contributed by atoms with Crippen LogP contribution in [0.4, 0.5) is 0 Å². The molecule has 0 fully saturated rings. The quantitative estimate of drug-likeness (QED) is 0.715. The number of rotatable bonds is 5. The second-order valence-electron chi connectivity index (χ2n) is 5.69. The van der Waals surface area contributed by atoms with Crippen molar-refractivity contribution in [2.45, 2.75) is 12.5 Å². The smallest absolute Gasteiger partial charge is 0.307 e. The molecule has 0 saturated carbocycles. The van der Waals surface area contributed by atoms with Crippen LogP contribution in [0, 0.1) is 0 Å². The first-order valence-electron chi connectivity index (χ1n) is 8.04. The van der Waals surface area contributed by atoms with Crippen molar-refractivity contribution in [2.24, 2.45) is 0 Å². The highest BCUT2D eigenvalue weighted by molar-refractivity contribution is 5.93. The standard InChI is InChI=1S/C20H17NO5/c1-25-19(23)11-15(13-7-3-2-4-8-13)21-20(24)18-12-16(22)14-9-5-6-10-17(14)26-18/h2-10,12,15H,11H2,1H3,(H,21,24). The Morgan fingerprint density at radius 3 is 2.50 bits per heavy atom. The number of ether oxygens (including phenoxy) is 1. The summed E-state index contributed by atoms with van der Waals surface area (Å²) in [5, 5.41) is 3.14. The fourth-order valence-electron chi connectivity index (χ4n) is 2.63. The minimum Gasteiger partial charge on any atom is -0.469 e. The zero-order valence-corrected chi connectivity index (χ0v) is 14.1. The molecule has 6 heteroatoms. The maximum atomic E-state index is 12.6. The molecular formula is C20H17NO5. The second-order valence-corrected chi connectivity index (χ2v) is 5.69. The number of carbonyl (C=O) groups excluding carboxylic acids is 2. The molecule has 0 aliphatic heterocycles. The Bertz CT molecular complexity index is 994. The van der Waals surface area contributed by atoms with Gasteiger partial charge >= 0.3 is 5.97 Å². The van der Waals surface area contributed by atoms with Gasteiger partial charge in [-0.05, 0) is 17.7 Å². The Morgan fingerprint density at radius 2 is 1.77 bits per heavy atom. The topological polar surface area (TPSA) is 85.6 Å². The number of hydrogen-bond acceptors (Lipinski definition) is 5. The van der Waals surface area contributed by atoms with Gasteiger partial charge in [-0.1, -0.05) is 42.5 Å². The lowest BCUT2D eigenvalue weighted by molar-refractivity contribution is -0.141. The predicted molar refractivity (Wildman–Crippen MR) is 95.8 cm³/mol. The van der Waals surface area contributed by atoms with Gasteiger partial charge in [-0.3, -0.25) is 14.4 Å². The van der Waals surface area contributed by atoms with E-state index in [1.165, 1.54) is 7.11 Å². The molecule has 1 heterocycles. The molecule has 0 aliphatic rings. The Morgan fingerprint density at radius 1 is 1.08 bits per heavy atom. The van der Waals surface area contributed by atoms with Crippen molar-refractivity contribution in [1.82, 2.24) is 5.32 Å². The van der Waals surface area contributed by atoms with Gasteiger partial charge in [-0.2, -0.15) is 0 Å². The third-order valence-corrected chi connectivity index (χ3v) is 3.96. The van der Waals surface area contributed by atoms with Crippen LogP contribution in [-0.2, 0) is 9.53 Å². The van der Waals surface area contributed by atoms with Crippen molar-refractivity contribution in [3.63, 3.8) is 0 Å². The predicted octanol–water partition coefficient (Wildman–Crippen LogP) is 2.83. The van der Waals surface area contributed by atoms with Crippen molar-refractivity contribution in [1.29, 1.82) is 0 Å². The highest BCUT2D eigenvalue weighted by Gasteiger charge is 2.21. The van der Waals surface area contributed by atoms with E-state index in [-0.39, 0.29) is 17.6 Å². The van der Waals surface area contributed by atoms with Crippen LogP contribution in [0.25, 0.3) is 11.0 Å². The minimum atomic E-state index is -0.604. The zero-order valence-electron chi connectivity index (χ0n) is 14.1. The molecule has 1 aromatic heterocycles. The Balaban J connectivity index is 1.90. The summed E-state index contributed by atoms with van der Waals surface area (Å²) in [4.78, 5) is 36.5. The number of methoxy groups -OCH3 is 1. The number of carbonyl (C=O) groups is 2. The Hall–Kier alpha value is -3.41. The molecule has 1 atom stereocenters. The largest absolute Gasteiger partial charge is 0.469 e. The van der Waals surface area contributed by atoms with Crippen LogP contribution in [0.15, 0.2) is 69.9 Å². The first kappa shape index (κ1) is 17.4. The third kappa shape index (κ3) is 3.80. The lowest BCUT2D eigenvalue weighted by atomic mass is 10.0. The average molecular weight is 351 g/mol. The van der Waals surface area contributed by atoms with E-state index >= 15 is 0 Å². The molecule has 26 heavy (non-hydrogen) atoms. The van der Waals surface area contributed by atoms with Crippen LogP contribution in [0.3, 0.4) is 0 Å². The van der Waals surface area contributed by atoms with Crippen LogP contribution >= 0.6 is 0 Å². The summed E-state index contributed by atoms with van der Waals surface area (Å²) in [6.45, 7) is 0. The SMILES string of the molecule is COC(=O)CC(NC(=O)c1cc(=O)c2ccccc2o1)c1ccccc1. The summed E-state index contributed by atoms with van der Waals surface area (Å²) in [5.74, 6) is -1.15. The monoisotopic (exact) mass is 351 g/mol. The molecule has 0 bridgehead atoms. The van der Waals surface area contributed by atoms with Crippen molar-refractivity contribution < 1.29 is 18.7 Å². The first-order valence-corrected chi connectivity index (χ1v) is 8.04. The van der Waals surface area contributed by atoms with Gasteiger partial charge in [0, 0.05) is 6.07 Å². The summed E-state index contributed by atoms with van der Waals surface area (Å²) in [5.41, 5.74) is 0.769. The summed E-state index contributed by atoms with van der Waals surface area (Å²) in [6.07, 6.45) is -0.0376. The van der Waals surface area contributed by atoms with Gasteiger partial charge in [0.05, 0.1) is 25.0 Å². The van der Waals surface area contributed by atoms with E-state index in [9.17, 15) is 14.4 Å². The van der Waals surface area contributed by atoms with E-state index < -0.39 is 17.9 Å². The second kappa shape index (κ2) is 7.65. The Labute approximate surface area is 149 Å². The summed E-state index contributed by atoms with van der Waals surface area (Å²) >= 11 is 0. The minimum absolute atomic E-state index is 0.0376. The summed E-state index contributed by atoms with van der Waals surface area (Å²) in [6, 6.07) is 16.3. The summed E-state index contributed by atoms with van der Waals surface area (Å²) < 4.78 is 10.2. The number of fused-ring (bicyclic) bond motifs is 1. The van der Waals surface area contributed by atoms with Crippen LogP contribution in [0.5, 0.6) is 0 Å². The molecule has 0 aliphatic carbocycles. The van der Waals surface area contributed by atoms with Crippen LogP contribution in [0.2, 0.25) is 0 Å². The number of amides is 1. The van der Waals surface area contributed by atoms with Crippen molar-refractivity contribution >= 4 is 22.8 Å². The maximum absolute atomic E-state index is 12.6. The van der Waals surface area contributed by atoms with E-state index in [2.05, 4.69) is 5.32 Å². The van der Waals surface area contributed by atoms with E-state index in [1.54, 1.807) is 36.4 Å². The maximum Gasteiger partial charge on any atom is 0.307 e.